The first-order valence-corrected chi connectivity index (χ1v) is 39.3. The van der Waals surface area contributed by atoms with Gasteiger partial charge in [-0.3, -0.25) is 23.4 Å². The summed E-state index contributed by atoms with van der Waals surface area (Å²) in [7, 11) is -5.69. The maximum atomic E-state index is 14.3. The van der Waals surface area contributed by atoms with Gasteiger partial charge in [0.25, 0.3) is 0 Å². The number of ether oxygens (including phenoxy) is 7. The Hall–Kier alpha value is -2.04. The molecule has 2 saturated heterocycles. The number of phosphoric acid groups is 1. The van der Waals surface area contributed by atoms with Gasteiger partial charge in [0.2, 0.25) is 0 Å². The van der Waals surface area contributed by atoms with E-state index < -0.39 is 156 Å². The van der Waals surface area contributed by atoms with Gasteiger partial charge >= 0.3 is 25.7 Å². The quantitative estimate of drug-likeness (QED) is 0.0117. The second-order valence-electron chi connectivity index (χ2n) is 27.4. The number of rotatable bonds is 59. The third-order valence-electron chi connectivity index (χ3n) is 18.9. The van der Waals surface area contributed by atoms with Gasteiger partial charge in [0.15, 0.2) is 18.7 Å². The van der Waals surface area contributed by atoms with Crippen molar-refractivity contribution < 1.29 is 117 Å². The Bertz CT molecular complexity index is 1990. The summed E-state index contributed by atoms with van der Waals surface area (Å²) in [4.78, 5) is 50.9. The zero-order valence-electron chi connectivity index (χ0n) is 58.9. The van der Waals surface area contributed by atoms with Crippen LogP contribution in [0.15, 0.2) is 0 Å². The van der Waals surface area contributed by atoms with Crippen LogP contribution < -0.4 is 0 Å². The fraction of sp³-hybridized carbons (Fsp3) is 0.958. The summed E-state index contributed by atoms with van der Waals surface area (Å²) in [5.41, 5.74) is 0. The van der Waals surface area contributed by atoms with E-state index >= 15 is 0 Å². The highest BCUT2D eigenvalue weighted by Gasteiger charge is 2.58. The monoisotopic (exact) mass is 1400 g/mol. The molecule has 1 saturated carbocycles. The number of unbranched alkanes of at least 4 members (excludes halogenated alkanes) is 38. The van der Waals surface area contributed by atoms with Gasteiger partial charge in [0.1, 0.15) is 98.7 Å². The first-order chi connectivity index (χ1) is 46.3. The van der Waals surface area contributed by atoms with Crippen molar-refractivity contribution in [3.8, 4) is 0 Å². The van der Waals surface area contributed by atoms with Gasteiger partial charge in [-0.25, -0.2) is 4.57 Å². The molecule has 0 radical (unpaired) electrons. The summed E-state index contributed by atoms with van der Waals surface area (Å²) in [5, 5.41) is 110. The highest BCUT2D eigenvalue weighted by Crippen LogP contribution is 2.49. The molecule has 3 rings (SSSR count). The Morgan fingerprint density at radius 1 is 0.365 bits per heavy atom. The smallest absolute Gasteiger partial charge is 0.463 e. The minimum atomic E-state index is -5.69. The Balaban J connectivity index is 1.72. The first-order valence-electron chi connectivity index (χ1n) is 37.8. The van der Waals surface area contributed by atoms with Crippen molar-refractivity contribution >= 4 is 25.7 Å². The maximum Gasteiger partial charge on any atom is 0.472 e. The van der Waals surface area contributed by atoms with E-state index in [9.17, 15) is 74.9 Å². The fourth-order valence-electron chi connectivity index (χ4n) is 12.7. The molecule has 24 nitrogen and oxygen atoms in total. The number of aliphatic hydroxyl groups excluding tert-OH is 10. The van der Waals surface area contributed by atoms with Crippen molar-refractivity contribution in [3.63, 3.8) is 0 Å². The van der Waals surface area contributed by atoms with Crippen LogP contribution in [0.1, 0.15) is 303 Å². The third kappa shape index (κ3) is 36.7. The van der Waals surface area contributed by atoms with Crippen LogP contribution in [0.25, 0.3) is 0 Å². The largest absolute Gasteiger partial charge is 0.472 e. The van der Waals surface area contributed by atoms with E-state index in [1.54, 1.807) is 0 Å². The van der Waals surface area contributed by atoms with E-state index in [-0.39, 0.29) is 19.3 Å². The van der Waals surface area contributed by atoms with Crippen LogP contribution in [0.3, 0.4) is 0 Å². The predicted octanol–water partition coefficient (Wildman–Crippen LogP) is 10.2. The fourth-order valence-corrected chi connectivity index (χ4v) is 13.7. The van der Waals surface area contributed by atoms with Crippen molar-refractivity contribution in [2.45, 2.75) is 407 Å². The van der Waals surface area contributed by atoms with Crippen LogP contribution in [0.5, 0.6) is 0 Å². The molecule has 1 aliphatic carbocycles. The number of phosphoric ester groups is 1. The molecule has 11 N–H and O–H groups in total. The standard InChI is InChI=1S/C71H133O24P/c1-4-7-10-13-16-19-22-24-25-26-27-29-32-33-36-39-42-45-55(73)87-49-52(90-57(75)47-44-41-38-35-30-21-18-15-12-9-6-3)50-89-96(85,86)95-69-67(93-70-65(83)60(78)58(76)53(48-72)91-70)63(81)62(80)64(82)68(69)94-71-66(84)61(79)59(77)54(92-71)51-88-56(74)46-43-40-37-34-31-28-23-20-17-14-11-8-5-2/h52-54,58-72,76-84H,4-51H2,1-3H3,(H,85,86). The molecule has 0 spiro atoms. The normalized spacial score (nSPS) is 27.9. The summed E-state index contributed by atoms with van der Waals surface area (Å²) in [6.07, 6.45) is 10.4. The van der Waals surface area contributed by atoms with Gasteiger partial charge in [0.05, 0.1) is 13.2 Å². The molecule has 18 unspecified atom stereocenters. The molecule has 566 valence electrons. The Labute approximate surface area is 574 Å². The van der Waals surface area contributed by atoms with Gasteiger partial charge in [-0.05, 0) is 19.3 Å². The van der Waals surface area contributed by atoms with Crippen LogP contribution in [-0.2, 0) is 61.2 Å². The molecule has 2 aliphatic heterocycles. The number of aliphatic hydroxyl groups is 10. The molecule has 0 aromatic carbocycles. The highest BCUT2D eigenvalue weighted by atomic mass is 31.2. The Morgan fingerprint density at radius 3 is 1.02 bits per heavy atom. The van der Waals surface area contributed by atoms with E-state index in [1.807, 2.05) is 0 Å². The molecule has 25 heteroatoms. The minimum Gasteiger partial charge on any atom is -0.463 e. The minimum absolute atomic E-state index is 0.0334. The molecular formula is C71H133O24P. The van der Waals surface area contributed by atoms with E-state index in [4.69, 9.17) is 42.2 Å². The lowest BCUT2D eigenvalue weighted by molar-refractivity contribution is -0.360. The average molecular weight is 1400 g/mol. The molecule has 0 aromatic heterocycles. The lowest BCUT2D eigenvalue weighted by Crippen LogP contribution is -2.69. The van der Waals surface area contributed by atoms with Gasteiger partial charge in [-0.15, -0.1) is 0 Å². The topological polar surface area (TPSA) is 374 Å². The van der Waals surface area contributed by atoms with Crippen LogP contribution in [-0.4, -0.2) is 204 Å². The van der Waals surface area contributed by atoms with E-state index in [0.29, 0.717) is 19.3 Å². The van der Waals surface area contributed by atoms with Gasteiger partial charge in [0, 0.05) is 19.3 Å². The summed E-state index contributed by atoms with van der Waals surface area (Å²) in [6, 6.07) is 0. The molecular weight excluding hydrogens is 1270 g/mol. The Morgan fingerprint density at radius 2 is 0.667 bits per heavy atom. The molecule has 3 fully saturated rings. The maximum absolute atomic E-state index is 14.3. The lowest BCUT2D eigenvalue weighted by Gasteiger charge is -2.49. The zero-order chi connectivity index (χ0) is 70.4. The molecule has 2 heterocycles. The number of carbonyl (C=O) groups excluding carboxylic acids is 3. The van der Waals surface area contributed by atoms with Crippen LogP contribution in [0, 0.1) is 0 Å². The third-order valence-corrected chi connectivity index (χ3v) is 19.9. The molecule has 3 aliphatic rings. The van der Waals surface area contributed by atoms with Gasteiger partial charge < -0.3 is 89.1 Å². The Kier molecular flexibility index (Phi) is 49.4. The number of esters is 3. The van der Waals surface area contributed by atoms with Crippen LogP contribution >= 0.6 is 7.82 Å². The molecule has 96 heavy (non-hydrogen) atoms. The van der Waals surface area contributed by atoms with Crippen molar-refractivity contribution in [1.29, 1.82) is 0 Å². The predicted molar refractivity (Wildman–Crippen MR) is 361 cm³/mol. The SMILES string of the molecule is CCCCCCCCCCCCCCCCCCCC(=O)OCC(COP(=O)(O)OC1C(OC2OC(CO)C(O)C(O)C2O)C(O)C(O)C(O)C1OC1OC(COC(=O)CCCCCCCCCCCCCCC)C(O)C(O)C1O)OC(=O)CCCCCCCCCCCCC. The summed E-state index contributed by atoms with van der Waals surface area (Å²) < 4.78 is 65.0. The number of hydrogen-bond acceptors (Lipinski definition) is 23. The van der Waals surface area contributed by atoms with Crippen molar-refractivity contribution in [2.24, 2.45) is 0 Å². The van der Waals surface area contributed by atoms with Crippen molar-refractivity contribution in [3.05, 3.63) is 0 Å². The van der Waals surface area contributed by atoms with E-state index in [1.165, 1.54) is 154 Å². The number of hydrogen-bond donors (Lipinski definition) is 11. The molecule has 0 amide bonds. The van der Waals surface area contributed by atoms with Gasteiger partial charge in [-0.2, -0.15) is 0 Å². The van der Waals surface area contributed by atoms with Crippen molar-refractivity contribution in [2.75, 3.05) is 26.4 Å². The average Bonchev–Trinajstić information content (AvgIpc) is 0.765. The lowest BCUT2D eigenvalue weighted by atomic mass is 9.84. The number of carbonyl (C=O) groups is 3. The summed E-state index contributed by atoms with van der Waals surface area (Å²) >= 11 is 0. The van der Waals surface area contributed by atoms with Crippen LogP contribution in [0.2, 0.25) is 0 Å². The first kappa shape index (κ1) is 88.2. The summed E-state index contributed by atoms with van der Waals surface area (Å²) in [5.74, 6) is -1.97. The molecule has 0 aromatic rings. The second kappa shape index (κ2) is 53.7. The molecule has 18 atom stereocenters. The highest BCUT2D eigenvalue weighted by molar-refractivity contribution is 7.47. The van der Waals surface area contributed by atoms with Crippen LogP contribution in [0.4, 0.5) is 0 Å². The second-order valence-corrected chi connectivity index (χ2v) is 28.8. The van der Waals surface area contributed by atoms with Gasteiger partial charge in [-0.1, -0.05) is 265 Å². The van der Waals surface area contributed by atoms with E-state index in [2.05, 4.69) is 20.8 Å². The summed E-state index contributed by atoms with van der Waals surface area (Å²) in [6.45, 7) is 3.45. The van der Waals surface area contributed by atoms with E-state index in [0.717, 1.165) is 89.9 Å². The molecule has 0 bridgehead atoms. The zero-order valence-corrected chi connectivity index (χ0v) is 59.8. The van der Waals surface area contributed by atoms with Crippen molar-refractivity contribution in [1.82, 2.24) is 0 Å².